The summed E-state index contributed by atoms with van der Waals surface area (Å²) < 4.78 is 36.8. The number of rotatable bonds is 4. The quantitative estimate of drug-likeness (QED) is 0.439. The molecule has 0 fully saturated rings. The van der Waals surface area contributed by atoms with Crippen LogP contribution >= 0.6 is 12.2 Å². The maximum atomic E-state index is 12.3. The van der Waals surface area contributed by atoms with Crippen LogP contribution < -0.4 is 11.2 Å². The summed E-state index contributed by atoms with van der Waals surface area (Å²) in [6.07, 6.45) is -5.43. The lowest BCUT2D eigenvalue weighted by atomic mass is 10.1. The predicted molar refractivity (Wildman–Crippen MR) is 53.3 cm³/mol. The minimum absolute atomic E-state index is 0.0160. The summed E-state index contributed by atoms with van der Waals surface area (Å²) in [6, 6.07) is 0. The lowest BCUT2D eigenvalue weighted by Crippen LogP contribution is -2.32. The third-order valence-electron chi connectivity index (χ3n) is 1.39. The molecule has 0 aliphatic rings. The zero-order valence-electron chi connectivity index (χ0n) is 7.89. The number of ketones is 1. The molecule has 0 spiro atoms. The Morgan fingerprint density at radius 3 is 2.40 bits per heavy atom. The summed E-state index contributed by atoms with van der Waals surface area (Å²) in [5, 5.41) is 2.55. The van der Waals surface area contributed by atoms with Crippen LogP contribution in [-0.2, 0) is 4.79 Å². The van der Waals surface area contributed by atoms with E-state index in [2.05, 4.69) is 17.3 Å². The van der Waals surface area contributed by atoms with E-state index in [9.17, 15) is 18.0 Å². The first kappa shape index (κ1) is 13.8. The molecular weight excluding hydrogens is 231 g/mol. The number of alkyl halides is 3. The van der Waals surface area contributed by atoms with Gasteiger partial charge in [0.25, 0.3) is 0 Å². The Balaban J connectivity index is 4.67. The molecule has 4 nitrogen and oxygen atoms in total. The number of Topliss-reactive ketones (excluding diaryl/α,β-unsaturated/α-hetero) is 1. The van der Waals surface area contributed by atoms with Gasteiger partial charge in [0, 0.05) is 6.42 Å². The van der Waals surface area contributed by atoms with Gasteiger partial charge in [0.15, 0.2) is 5.11 Å². The molecule has 0 aromatic rings. The standard InChI is InChI=1S/C7H10F3N3OS/c1-2-4(14)3-5(7(8,9)10)12-13-6(11)15/h2-3H2,1H3,(H3,11,13,15)/b12-5+. The maximum Gasteiger partial charge on any atom is 0.431 e. The number of nitrogens with zero attached hydrogens (tertiary/aromatic N) is 1. The van der Waals surface area contributed by atoms with Crippen LogP contribution in [0.2, 0.25) is 0 Å². The number of hydrogen-bond donors (Lipinski definition) is 2. The molecule has 8 heteroatoms. The Labute approximate surface area is 89.7 Å². The van der Waals surface area contributed by atoms with Crippen LogP contribution in [0.4, 0.5) is 13.2 Å². The molecule has 0 amide bonds. The molecule has 0 aromatic heterocycles. The van der Waals surface area contributed by atoms with Crippen molar-refractivity contribution in [2.24, 2.45) is 10.8 Å². The Bertz CT molecular complexity index is 288. The first-order valence-corrected chi connectivity index (χ1v) is 4.39. The SMILES string of the molecule is CCC(=O)C/C(=N\NC(N)=S)C(F)(F)F. The third-order valence-corrected chi connectivity index (χ3v) is 1.48. The van der Waals surface area contributed by atoms with E-state index in [1.807, 2.05) is 0 Å². The molecule has 0 rings (SSSR count). The Hall–Kier alpha value is -1.18. The second-order valence-electron chi connectivity index (χ2n) is 2.60. The van der Waals surface area contributed by atoms with Crippen LogP contribution in [0.5, 0.6) is 0 Å². The zero-order valence-corrected chi connectivity index (χ0v) is 8.71. The van der Waals surface area contributed by atoms with Crippen molar-refractivity contribution in [3.8, 4) is 0 Å². The lowest BCUT2D eigenvalue weighted by Gasteiger charge is -2.09. The number of nitrogens with one attached hydrogen (secondary N) is 1. The summed E-state index contributed by atoms with van der Waals surface area (Å²) in [7, 11) is 0. The van der Waals surface area contributed by atoms with Crippen LogP contribution in [-0.4, -0.2) is 22.8 Å². The molecule has 0 unspecified atom stereocenters. The lowest BCUT2D eigenvalue weighted by molar-refractivity contribution is -0.118. The second kappa shape index (κ2) is 5.64. The number of thiocarbonyl (C=S) groups is 1. The fourth-order valence-electron chi connectivity index (χ4n) is 0.637. The van der Waals surface area contributed by atoms with Crippen LogP contribution in [0, 0.1) is 0 Å². The number of carbonyl (C=O) groups is 1. The summed E-state index contributed by atoms with van der Waals surface area (Å²) in [6.45, 7) is 1.47. The molecule has 0 heterocycles. The molecule has 0 saturated carbocycles. The fourth-order valence-corrected chi connectivity index (χ4v) is 0.683. The monoisotopic (exact) mass is 241 g/mol. The van der Waals surface area contributed by atoms with Gasteiger partial charge in [-0.15, -0.1) is 0 Å². The summed E-state index contributed by atoms with van der Waals surface area (Å²) in [4.78, 5) is 10.8. The zero-order chi connectivity index (χ0) is 12.1. The second-order valence-corrected chi connectivity index (χ2v) is 3.04. The van der Waals surface area contributed by atoms with Gasteiger partial charge in [-0.3, -0.25) is 10.2 Å². The first-order chi connectivity index (χ1) is 6.77. The predicted octanol–water partition coefficient (Wildman–Crippen LogP) is 1.11. The maximum absolute atomic E-state index is 12.3. The smallest absolute Gasteiger partial charge is 0.375 e. The molecule has 0 aromatic carbocycles. The van der Waals surface area contributed by atoms with Gasteiger partial charge in [0.05, 0.1) is 6.42 Å². The molecule has 0 saturated heterocycles. The van der Waals surface area contributed by atoms with Crippen molar-refractivity contribution in [3.05, 3.63) is 0 Å². The minimum atomic E-state index is -4.66. The van der Waals surface area contributed by atoms with Gasteiger partial charge in [0.1, 0.15) is 11.5 Å². The summed E-state index contributed by atoms with van der Waals surface area (Å²) >= 11 is 4.29. The molecule has 86 valence electrons. The van der Waals surface area contributed by atoms with E-state index >= 15 is 0 Å². The van der Waals surface area contributed by atoms with Crippen molar-refractivity contribution < 1.29 is 18.0 Å². The first-order valence-electron chi connectivity index (χ1n) is 3.98. The molecular formula is C7H10F3N3OS. The van der Waals surface area contributed by atoms with Gasteiger partial charge in [-0.05, 0) is 12.2 Å². The normalized spacial score (nSPS) is 12.4. The molecule has 0 bridgehead atoms. The van der Waals surface area contributed by atoms with Crippen molar-refractivity contribution in [2.45, 2.75) is 25.9 Å². The van der Waals surface area contributed by atoms with Gasteiger partial charge < -0.3 is 5.73 Å². The molecule has 3 N–H and O–H groups in total. The average Bonchev–Trinajstić information content (AvgIpc) is 2.09. The van der Waals surface area contributed by atoms with Crippen molar-refractivity contribution in [2.75, 3.05) is 0 Å². The Kier molecular flexibility index (Phi) is 5.20. The van der Waals surface area contributed by atoms with Crippen molar-refractivity contribution >= 4 is 28.8 Å². The summed E-state index contributed by atoms with van der Waals surface area (Å²) in [5.74, 6) is -0.559. The van der Waals surface area contributed by atoms with Crippen LogP contribution in [0.1, 0.15) is 19.8 Å². The van der Waals surface area contributed by atoms with E-state index < -0.39 is 24.1 Å². The van der Waals surface area contributed by atoms with E-state index in [0.717, 1.165) is 0 Å². The molecule has 15 heavy (non-hydrogen) atoms. The van der Waals surface area contributed by atoms with Crippen LogP contribution in [0.3, 0.4) is 0 Å². The number of halogens is 3. The number of carbonyl (C=O) groups excluding carboxylic acids is 1. The van der Waals surface area contributed by atoms with E-state index in [1.54, 1.807) is 5.43 Å². The summed E-state index contributed by atoms with van der Waals surface area (Å²) in [5.41, 5.74) is 5.48. The minimum Gasteiger partial charge on any atom is -0.375 e. The molecule has 0 atom stereocenters. The molecule has 0 radical (unpaired) electrons. The Morgan fingerprint density at radius 2 is 2.07 bits per heavy atom. The largest absolute Gasteiger partial charge is 0.431 e. The van der Waals surface area contributed by atoms with Gasteiger partial charge >= 0.3 is 6.18 Å². The van der Waals surface area contributed by atoms with Gasteiger partial charge in [-0.2, -0.15) is 18.3 Å². The van der Waals surface area contributed by atoms with Crippen LogP contribution in [0.15, 0.2) is 5.10 Å². The van der Waals surface area contributed by atoms with E-state index in [-0.39, 0.29) is 11.5 Å². The topological polar surface area (TPSA) is 67.5 Å². The highest BCUT2D eigenvalue weighted by atomic mass is 32.1. The van der Waals surface area contributed by atoms with E-state index in [4.69, 9.17) is 5.73 Å². The van der Waals surface area contributed by atoms with E-state index in [0.29, 0.717) is 0 Å². The van der Waals surface area contributed by atoms with Gasteiger partial charge in [-0.25, -0.2) is 0 Å². The van der Waals surface area contributed by atoms with Crippen molar-refractivity contribution in [1.82, 2.24) is 5.43 Å². The third kappa shape index (κ3) is 6.00. The van der Waals surface area contributed by atoms with Crippen molar-refractivity contribution in [1.29, 1.82) is 0 Å². The Morgan fingerprint density at radius 1 is 1.53 bits per heavy atom. The highest BCUT2D eigenvalue weighted by Crippen LogP contribution is 2.19. The fraction of sp³-hybridized carbons (Fsp3) is 0.571. The average molecular weight is 241 g/mol. The van der Waals surface area contributed by atoms with Crippen LogP contribution in [0.25, 0.3) is 0 Å². The van der Waals surface area contributed by atoms with Gasteiger partial charge in [0.2, 0.25) is 0 Å². The highest BCUT2D eigenvalue weighted by molar-refractivity contribution is 7.80. The number of nitrogens with two attached hydrogens (primary N) is 1. The number of hydrogen-bond acceptors (Lipinski definition) is 3. The van der Waals surface area contributed by atoms with Crippen molar-refractivity contribution in [3.63, 3.8) is 0 Å². The highest BCUT2D eigenvalue weighted by Gasteiger charge is 2.36. The van der Waals surface area contributed by atoms with E-state index in [1.165, 1.54) is 6.92 Å². The molecule has 0 aliphatic carbocycles. The molecule has 0 aliphatic heterocycles. The van der Waals surface area contributed by atoms with Gasteiger partial charge in [-0.1, -0.05) is 6.92 Å². The number of hydrazone groups is 1.